The van der Waals surface area contributed by atoms with Crippen molar-refractivity contribution in [1.82, 2.24) is 0 Å². The van der Waals surface area contributed by atoms with Crippen LogP contribution in [-0.4, -0.2) is 29.1 Å². The Balaban J connectivity index is 3.23. The zero-order valence-corrected chi connectivity index (χ0v) is 8.13. The first-order chi connectivity index (χ1) is 5.16. The van der Waals surface area contributed by atoms with E-state index in [1.165, 1.54) is 0 Å². The Hall–Kier alpha value is -0.0900. The van der Waals surface area contributed by atoms with Gasteiger partial charge in [-0.1, -0.05) is 22.9 Å². The van der Waals surface area contributed by atoms with Crippen LogP contribution in [0.1, 0.15) is 19.8 Å². The van der Waals surface area contributed by atoms with Gasteiger partial charge >= 0.3 is 5.97 Å². The maximum Gasteiger partial charge on any atom is 0.305 e. The van der Waals surface area contributed by atoms with Crippen LogP contribution in [0.5, 0.6) is 0 Å². The minimum atomic E-state index is -0.245. The molecule has 4 heteroatoms. The molecule has 1 atom stereocenters. The lowest BCUT2D eigenvalue weighted by molar-refractivity contribution is -0.144. The molecule has 0 aromatic carbocycles. The SMILES string of the molecule is CC(Br)CCC(=O)OCCO. The van der Waals surface area contributed by atoms with E-state index < -0.39 is 0 Å². The minimum Gasteiger partial charge on any atom is -0.463 e. The average molecular weight is 225 g/mol. The van der Waals surface area contributed by atoms with Gasteiger partial charge in [0.25, 0.3) is 0 Å². The summed E-state index contributed by atoms with van der Waals surface area (Å²) in [6.45, 7) is 1.98. The number of halogens is 1. The van der Waals surface area contributed by atoms with Crippen molar-refractivity contribution in [2.45, 2.75) is 24.6 Å². The summed E-state index contributed by atoms with van der Waals surface area (Å²) in [5, 5.41) is 8.31. The second kappa shape index (κ2) is 6.61. The highest BCUT2D eigenvalue weighted by atomic mass is 79.9. The highest BCUT2D eigenvalue weighted by Crippen LogP contribution is 2.06. The van der Waals surface area contributed by atoms with Crippen LogP contribution in [0.3, 0.4) is 0 Å². The molecular formula is C7H13BrO3. The van der Waals surface area contributed by atoms with Crippen molar-refractivity contribution in [1.29, 1.82) is 0 Å². The van der Waals surface area contributed by atoms with Gasteiger partial charge in [-0.15, -0.1) is 0 Å². The van der Waals surface area contributed by atoms with E-state index in [-0.39, 0.29) is 19.2 Å². The second-order valence-corrected chi connectivity index (χ2v) is 3.83. The van der Waals surface area contributed by atoms with Crippen LogP contribution in [0.15, 0.2) is 0 Å². The Bertz CT molecular complexity index is 114. The van der Waals surface area contributed by atoms with Crippen LogP contribution >= 0.6 is 15.9 Å². The van der Waals surface area contributed by atoms with E-state index >= 15 is 0 Å². The molecular weight excluding hydrogens is 212 g/mol. The molecule has 0 aromatic rings. The van der Waals surface area contributed by atoms with Gasteiger partial charge in [-0.25, -0.2) is 0 Å². The molecule has 0 aromatic heterocycles. The predicted molar refractivity (Wildman–Crippen MR) is 45.7 cm³/mol. The first kappa shape index (κ1) is 10.9. The third kappa shape index (κ3) is 7.81. The predicted octanol–water partition coefficient (Wildman–Crippen LogP) is 1.09. The molecule has 0 saturated carbocycles. The summed E-state index contributed by atoms with van der Waals surface area (Å²) in [4.78, 5) is 11.1. The van der Waals surface area contributed by atoms with Gasteiger partial charge in [-0.05, 0) is 6.42 Å². The van der Waals surface area contributed by atoms with Gasteiger partial charge in [-0.2, -0.15) is 0 Å². The fraction of sp³-hybridized carbons (Fsp3) is 0.857. The molecule has 66 valence electrons. The van der Waals surface area contributed by atoms with Crippen LogP contribution in [0, 0.1) is 0 Å². The van der Waals surface area contributed by atoms with Gasteiger partial charge in [0.15, 0.2) is 0 Å². The van der Waals surface area contributed by atoms with Crippen molar-refractivity contribution in [3.05, 3.63) is 0 Å². The first-order valence-electron chi connectivity index (χ1n) is 3.57. The van der Waals surface area contributed by atoms with E-state index in [1.54, 1.807) is 0 Å². The van der Waals surface area contributed by atoms with E-state index in [0.29, 0.717) is 11.2 Å². The quantitative estimate of drug-likeness (QED) is 0.562. The minimum absolute atomic E-state index is 0.102. The Labute approximate surface area is 74.9 Å². The third-order valence-electron chi connectivity index (χ3n) is 1.10. The zero-order valence-electron chi connectivity index (χ0n) is 6.55. The molecule has 0 fully saturated rings. The van der Waals surface area contributed by atoms with Gasteiger partial charge in [0.05, 0.1) is 6.61 Å². The number of aliphatic hydroxyl groups is 1. The lowest BCUT2D eigenvalue weighted by atomic mass is 10.2. The molecule has 0 heterocycles. The molecule has 0 aliphatic heterocycles. The third-order valence-corrected chi connectivity index (χ3v) is 1.56. The molecule has 0 radical (unpaired) electrons. The summed E-state index contributed by atoms with van der Waals surface area (Å²) < 4.78 is 4.63. The maximum atomic E-state index is 10.8. The van der Waals surface area contributed by atoms with Crippen molar-refractivity contribution in [3.8, 4) is 0 Å². The van der Waals surface area contributed by atoms with Gasteiger partial charge < -0.3 is 9.84 Å². The number of aliphatic hydroxyl groups excluding tert-OH is 1. The molecule has 11 heavy (non-hydrogen) atoms. The largest absolute Gasteiger partial charge is 0.463 e. The number of esters is 1. The molecule has 0 amide bonds. The fourth-order valence-corrected chi connectivity index (χ4v) is 0.777. The zero-order chi connectivity index (χ0) is 8.69. The first-order valence-corrected chi connectivity index (χ1v) is 4.49. The van der Waals surface area contributed by atoms with Gasteiger partial charge in [0.1, 0.15) is 6.61 Å². The smallest absolute Gasteiger partial charge is 0.305 e. The second-order valence-electron chi connectivity index (χ2n) is 2.26. The maximum absolute atomic E-state index is 10.8. The van der Waals surface area contributed by atoms with Crippen LogP contribution in [0.25, 0.3) is 0 Å². The summed E-state index contributed by atoms with van der Waals surface area (Å²) in [6.07, 6.45) is 1.18. The van der Waals surface area contributed by atoms with E-state index in [4.69, 9.17) is 5.11 Å². The lowest BCUT2D eigenvalue weighted by Gasteiger charge is -2.03. The summed E-state index contributed by atoms with van der Waals surface area (Å²) in [5.74, 6) is -0.245. The summed E-state index contributed by atoms with van der Waals surface area (Å²) in [6, 6.07) is 0. The molecule has 0 bridgehead atoms. The van der Waals surface area contributed by atoms with Crippen LogP contribution in [0.2, 0.25) is 0 Å². The fourth-order valence-electron chi connectivity index (χ4n) is 0.548. The Kier molecular flexibility index (Phi) is 6.56. The van der Waals surface area contributed by atoms with E-state index in [0.717, 1.165) is 6.42 Å². The number of alkyl halides is 1. The van der Waals surface area contributed by atoms with Gasteiger partial charge in [0.2, 0.25) is 0 Å². The highest BCUT2D eigenvalue weighted by molar-refractivity contribution is 9.09. The standard InChI is InChI=1S/C7H13BrO3/c1-6(8)2-3-7(10)11-5-4-9/h6,9H,2-5H2,1H3. The molecule has 1 N–H and O–H groups in total. The highest BCUT2D eigenvalue weighted by Gasteiger charge is 2.04. The van der Waals surface area contributed by atoms with E-state index in [1.807, 2.05) is 6.92 Å². The Morgan fingerprint density at radius 3 is 2.82 bits per heavy atom. The molecule has 0 rings (SSSR count). The lowest BCUT2D eigenvalue weighted by Crippen LogP contribution is -2.09. The van der Waals surface area contributed by atoms with Gasteiger partial charge in [-0.3, -0.25) is 4.79 Å². The molecule has 1 unspecified atom stereocenters. The van der Waals surface area contributed by atoms with Gasteiger partial charge in [0, 0.05) is 11.2 Å². The summed E-state index contributed by atoms with van der Waals surface area (Å²) >= 11 is 3.31. The average Bonchev–Trinajstić information content (AvgIpc) is 1.97. The van der Waals surface area contributed by atoms with E-state index in [2.05, 4.69) is 20.7 Å². The number of hydrogen-bond acceptors (Lipinski definition) is 3. The number of hydrogen-bond donors (Lipinski definition) is 1. The number of carbonyl (C=O) groups excluding carboxylic acids is 1. The molecule has 3 nitrogen and oxygen atoms in total. The molecule has 0 aliphatic rings. The van der Waals surface area contributed by atoms with Crippen molar-refractivity contribution in [2.24, 2.45) is 0 Å². The molecule has 0 aliphatic carbocycles. The normalized spacial score (nSPS) is 12.6. The summed E-state index contributed by atoms with van der Waals surface area (Å²) in [7, 11) is 0. The van der Waals surface area contributed by atoms with Crippen molar-refractivity contribution in [2.75, 3.05) is 13.2 Å². The van der Waals surface area contributed by atoms with Crippen molar-refractivity contribution in [3.63, 3.8) is 0 Å². The van der Waals surface area contributed by atoms with Crippen molar-refractivity contribution >= 4 is 21.9 Å². The number of ether oxygens (including phenoxy) is 1. The van der Waals surface area contributed by atoms with Crippen molar-refractivity contribution < 1.29 is 14.6 Å². The van der Waals surface area contributed by atoms with Crippen LogP contribution in [-0.2, 0) is 9.53 Å². The monoisotopic (exact) mass is 224 g/mol. The topological polar surface area (TPSA) is 46.5 Å². The number of rotatable bonds is 5. The number of carbonyl (C=O) groups is 1. The van der Waals surface area contributed by atoms with Crippen LogP contribution in [0.4, 0.5) is 0 Å². The Morgan fingerprint density at radius 2 is 2.36 bits per heavy atom. The molecule has 0 spiro atoms. The van der Waals surface area contributed by atoms with E-state index in [9.17, 15) is 4.79 Å². The Morgan fingerprint density at radius 1 is 1.73 bits per heavy atom. The molecule has 0 saturated heterocycles. The summed E-state index contributed by atoms with van der Waals surface area (Å²) in [5.41, 5.74) is 0. The van der Waals surface area contributed by atoms with Crippen LogP contribution < -0.4 is 0 Å².